The number of nitrogens with two attached hydrogens (primary N) is 1. The van der Waals surface area contributed by atoms with E-state index in [0.717, 1.165) is 12.0 Å². The summed E-state index contributed by atoms with van der Waals surface area (Å²) in [5.41, 5.74) is 13.7. The van der Waals surface area contributed by atoms with E-state index in [0.29, 0.717) is 6.54 Å². The predicted octanol–water partition coefficient (Wildman–Crippen LogP) is 1.95. The fourth-order valence-electron chi connectivity index (χ4n) is 1.84. The molecule has 98 valence electrons. The van der Waals surface area contributed by atoms with Gasteiger partial charge in [0.15, 0.2) is 0 Å². The number of hydrogen-bond donors (Lipinski definition) is 3. The third-order valence-electron chi connectivity index (χ3n) is 2.78. The van der Waals surface area contributed by atoms with Crippen LogP contribution >= 0.6 is 0 Å². The van der Waals surface area contributed by atoms with E-state index in [2.05, 4.69) is 35.1 Å². The number of rotatable bonds is 5. The number of primary amides is 1. The van der Waals surface area contributed by atoms with Crippen LogP contribution in [0.4, 0.5) is 4.79 Å². The van der Waals surface area contributed by atoms with Gasteiger partial charge in [-0.25, -0.2) is 10.2 Å². The first kappa shape index (κ1) is 13.1. The van der Waals surface area contributed by atoms with E-state index in [4.69, 9.17) is 5.73 Å². The molecule has 0 radical (unpaired) electrons. The van der Waals surface area contributed by atoms with Crippen molar-refractivity contribution in [3.05, 3.63) is 71.3 Å². The second-order valence-corrected chi connectivity index (χ2v) is 4.32. The standard InChI is InChI=1S/C15H17N3O/c16-15(19)18-17-11-14-8-6-13(7-9-14)10-12-4-2-1-3-5-12/h1-9,17H,10-11H2,(H3,16,18,19). The Labute approximate surface area is 112 Å². The average molecular weight is 255 g/mol. The molecule has 0 spiro atoms. The highest BCUT2D eigenvalue weighted by molar-refractivity contribution is 5.70. The van der Waals surface area contributed by atoms with Crippen molar-refractivity contribution in [1.82, 2.24) is 10.9 Å². The van der Waals surface area contributed by atoms with Gasteiger partial charge in [-0.05, 0) is 23.1 Å². The topological polar surface area (TPSA) is 67.2 Å². The molecule has 0 aliphatic rings. The molecule has 0 bridgehead atoms. The lowest BCUT2D eigenvalue weighted by atomic mass is 10.0. The van der Waals surface area contributed by atoms with Crippen molar-refractivity contribution in [2.24, 2.45) is 5.73 Å². The molecule has 4 nitrogen and oxygen atoms in total. The Hall–Kier alpha value is -2.33. The van der Waals surface area contributed by atoms with Gasteiger partial charge in [0.25, 0.3) is 0 Å². The van der Waals surface area contributed by atoms with Crippen LogP contribution in [0.25, 0.3) is 0 Å². The van der Waals surface area contributed by atoms with E-state index in [-0.39, 0.29) is 0 Å². The Morgan fingerprint density at radius 1 is 0.895 bits per heavy atom. The van der Waals surface area contributed by atoms with E-state index in [1.54, 1.807) is 0 Å². The van der Waals surface area contributed by atoms with Crippen LogP contribution in [0.15, 0.2) is 54.6 Å². The second kappa shape index (κ2) is 6.56. The third-order valence-corrected chi connectivity index (χ3v) is 2.78. The number of benzene rings is 2. The van der Waals surface area contributed by atoms with Crippen LogP contribution in [0.1, 0.15) is 16.7 Å². The van der Waals surface area contributed by atoms with Crippen molar-refractivity contribution in [2.75, 3.05) is 0 Å². The van der Waals surface area contributed by atoms with Crippen LogP contribution < -0.4 is 16.6 Å². The van der Waals surface area contributed by atoms with Crippen LogP contribution in [-0.4, -0.2) is 6.03 Å². The fourth-order valence-corrected chi connectivity index (χ4v) is 1.84. The second-order valence-electron chi connectivity index (χ2n) is 4.32. The molecule has 2 aromatic rings. The Balaban J connectivity index is 1.89. The van der Waals surface area contributed by atoms with Gasteiger partial charge >= 0.3 is 6.03 Å². The molecule has 0 aliphatic carbocycles. The van der Waals surface area contributed by atoms with Gasteiger partial charge in [0.1, 0.15) is 0 Å². The lowest BCUT2D eigenvalue weighted by molar-refractivity contribution is 0.244. The van der Waals surface area contributed by atoms with Crippen molar-refractivity contribution >= 4 is 6.03 Å². The number of carbonyl (C=O) groups excluding carboxylic acids is 1. The molecule has 0 unspecified atom stereocenters. The normalized spacial score (nSPS) is 10.1. The van der Waals surface area contributed by atoms with E-state index < -0.39 is 6.03 Å². The van der Waals surface area contributed by atoms with Gasteiger partial charge in [0.2, 0.25) is 0 Å². The minimum Gasteiger partial charge on any atom is -0.351 e. The summed E-state index contributed by atoms with van der Waals surface area (Å²) in [7, 11) is 0. The molecule has 0 atom stereocenters. The van der Waals surface area contributed by atoms with E-state index in [9.17, 15) is 4.79 Å². The molecule has 2 rings (SSSR count). The Kier molecular flexibility index (Phi) is 4.53. The summed E-state index contributed by atoms with van der Waals surface area (Å²) in [5, 5.41) is 0. The molecule has 0 aliphatic heterocycles. The summed E-state index contributed by atoms with van der Waals surface area (Å²) in [4.78, 5) is 10.5. The fraction of sp³-hybridized carbons (Fsp3) is 0.133. The van der Waals surface area contributed by atoms with Crippen molar-refractivity contribution in [1.29, 1.82) is 0 Å². The van der Waals surface area contributed by atoms with Gasteiger partial charge in [-0.3, -0.25) is 5.43 Å². The molecular formula is C15H17N3O. The molecule has 4 heteroatoms. The summed E-state index contributed by atoms with van der Waals surface area (Å²) in [6.07, 6.45) is 0.925. The van der Waals surface area contributed by atoms with Gasteiger partial charge in [-0.1, -0.05) is 54.6 Å². The van der Waals surface area contributed by atoms with Crippen LogP contribution in [0.2, 0.25) is 0 Å². The molecule has 19 heavy (non-hydrogen) atoms. The first-order valence-electron chi connectivity index (χ1n) is 6.14. The molecule has 0 saturated carbocycles. The van der Waals surface area contributed by atoms with Gasteiger partial charge in [0, 0.05) is 6.54 Å². The zero-order valence-corrected chi connectivity index (χ0v) is 10.6. The monoisotopic (exact) mass is 255 g/mol. The minimum atomic E-state index is -0.583. The van der Waals surface area contributed by atoms with Crippen molar-refractivity contribution in [3.8, 4) is 0 Å². The maximum absolute atomic E-state index is 10.5. The third kappa shape index (κ3) is 4.44. The molecule has 2 amide bonds. The largest absolute Gasteiger partial charge is 0.351 e. The Morgan fingerprint density at radius 3 is 2.11 bits per heavy atom. The Bertz CT molecular complexity index is 523. The van der Waals surface area contributed by atoms with Gasteiger partial charge in [0.05, 0.1) is 0 Å². The minimum absolute atomic E-state index is 0.550. The predicted molar refractivity (Wildman–Crippen MR) is 75.2 cm³/mol. The Morgan fingerprint density at radius 2 is 1.47 bits per heavy atom. The van der Waals surface area contributed by atoms with E-state index in [1.807, 2.05) is 30.3 Å². The quantitative estimate of drug-likeness (QED) is 0.715. The number of carbonyl (C=O) groups is 1. The number of nitrogens with one attached hydrogen (secondary N) is 2. The maximum atomic E-state index is 10.5. The zero-order valence-electron chi connectivity index (χ0n) is 10.6. The maximum Gasteiger partial charge on any atom is 0.326 e. The summed E-state index contributed by atoms with van der Waals surface area (Å²) >= 11 is 0. The first-order valence-corrected chi connectivity index (χ1v) is 6.14. The summed E-state index contributed by atoms with van der Waals surface area (Å²) in [5.74, 6) is 0. The number of urea groups is 1. The molecule has 2 aromatic carbocycles. The van der Waals surface area contributed by atoms with Crippen LogP contribution in [0.5, 0.6) is 0 Å². The highest BCUT2D eigenvalue weighted by atomic mass is 16.2. The van der Waals surface area contributed by atoms with Gasteiger partial charge in [-0.2, -0.15) is 0 Å². The average Bonchev–Trinajstić information content (AvgIpc) is 2.42. The molecule has 0 heterocycles. The van der Waals surface area contributed by atoms with E-state index in [1.165, 1.54) is 11.1 Å². The van der Waals surface area contributed by atoms with Crippen LogP contribution in [0, 0.1) is 0 Å². The lowest BCUT2D eigenvalue weighted by Crippen LogP contribution is -2.40. The highest BCUT2D eigenvalue weighted by Gasteiger charge is 1.97. The summed E-state index contributed by atoms with van der Waals surface area (Å²) in [6.45, 7) is 0.550. The molecular weight excluding hydrogens is 238 g/mol. The highest BCUT2D eigenvalue weighted by Crippen LogP contribution is 2.10. The SMILES string of the molecule is NC(=O)NNCc1ccc(Cc2ccccc2)cc1. The van der Waals surface area contributed by atoms with Crippen molar-refractivity contribution in [2.45, 2.75) is 13.0 Å². The summed E-state index contributed by atoms with van der Waals surface area (Å²) < 4.78 is 0. The van der Waals surface area contributed by atoms with Crippen LogP contribution in [0.3, 0.4) is 0 Å². The first-order chi connectivity index (χ1) is 9.24. The number of hydrogen-bond acceptors (Lipinski definition) is 2. The van der Waals surface area contributed by atoms with Gasteiger partial charge < -0.3 is 5.73 Å². The van der Waals surface area contributed by atoms with Crippen molar-refractivity contribution < 1.29 is 4.79 Å². The molecule has 4 N–H and O–H groups in total. The summed E-state index contributed by atoms with van der Waals surface area (Å²) in [6, 6.07) is 18.0. The van der Waals surface area contributed by atoms with Crippen LogP contribution in [-0.2, 0) is 13.0 Å². The molecule has 0 fully saturated rings. The lowest BCUT2D eigenvalue weighted by Gasteiger charge is -2.06. The number of amides is 2. The van der Waals surface area contributed by atoms with Gasteiger partial charge in [-0.15, -0.1) is 0 Å². The molecule has 0 saturated heterocycles. The number of hydrazine groups is 1. The smallest absolute Gasteiger partial charge is 0.326 e. The zero-order chi connectivity index (χ0) is 13.5. The molecule has 0 aromatic heterocycles. The van der Waals surface area contributed by atoms with Crippen molar-refractivity contribution in [3.63, 3.8) is 0 Å². The van der Waals surface area contributed by atoms with E-state index >= 15 is 0 Å².